The topological polar surface area (TPSA) is 46.2 Å². The second-order valence-corrected chi connectivity index (χ2v) is 2.49. The molecular weight excluding hydrogens is 126 g/mol. The van der Waals surface area contributed by atoms with Crippen molar-refractivity contribution in [3.8, 4) is 0 Å². The van der Waals surface area contributed by atoms with E-state index in [-0.39, 0.29) is 6.61 Å². The standard InChI is InChI=1S/C8H17NO/c1-8(7-10)5-3-2-4-6-9/h5,10H,2-4,6-7,9H2,1H3/b8-5+. The van der Waals surface area contributed by atoms with Gasteiger partial charge in [0.2, 0.25) is 0 Å². The minimum atomic E-state index is 0.183. The minimum Gasteiger partial charge on any atom is -0.392 e. The van der Waals surface area contributed by atoms with Crippen LogP contribution in [0.15, 0.2) is 11.6 Å². The largest absolute Gasteiger partial charge is 0.392 e. The molecule has 0 unspecified atom stereocenters. The quantitative estimate of drug-likeness (QED) is 0.446. The average molecular weight is 143 g/mol. The van der Waals surface area contributed by atoms with Crippen molar-refractivity contribution in [3.63, 3.8) is 0 Å². The third-order valence-corrected chi connectivity index (χ3v) is 1.40. The van der Waals surface area contributed by atoms with Gasteiger partial charge in [-0.2, -0.15) is 0 Å². The van der Waals surface area contributed by atoms with E-state index in [9.17, 15) is 0 Å². The normalized spacial score (nSPS) is 12.1. The molecule has 0 atom stereocenters. The van der Waals surface area contributed by atoms with Crippen LogP contribution in [0.25, 0.3) is 0 Å². The first-order valence-electron chi connectivity index (χ1n) is 3.77. The molecule has 60 valence electrons. The summed E-state index contributed by atoms with van der Waals surface area (Å²) < 4.78 is 0. The van der Waals surface area contributed by atoms with E-state index in [0.717, 1.165) is 31.4 Å². The van der Waals surface area contributed by atoms with Gasteiger partial charge in [-0.15, -0.1) is 0 Å². The monoisotopic (exact) mass is 143 g/mol. The van der Waals surface area contributed by atoms with Crippen LogP contribution in [0.2, 0.25) is 0 Å². The van der Waals surface area contributed by atoms with Crippen LogP contribution in [0.5, 0.6) is 0 Å². The Morgan fingerprint density at radius 2 is 2.20 bits per heavy atom. The van der Waals surface area contributed by atoms with Gasteiger partial charge in [-0.05, 0) is 32.7 Å². The van der Waals surface area contributed by atoms with Crippen molar-refractivity contribution in [1.29, 1.82) is 0 Å². The third-order valence-electron chi connectivity index (χ3n) is 1.40. The first kappa shape index (κ1) is 9.66. The van der Waals surface area contributed by atoms with Gasteiger partial charge < -0.3 is 10.8 Å². The van der Waals surface area contributed by atoms with Crippen LogP contribution < -0.4 is 5.73 Å². The highest BCUT2D eigenvalue weighted by molar-refractivity contribution is 4.97. The summed E-state index contributed by atoms with van der Waals surface area (Å²) >= 11 is 0. The number of nitrogens with two attached hydrogens (primary N) is 1. The molecule has 0 heterocycles. The number of rotatable bonds is 5. The molecule has 0 rings (SSSR count). The molecule has 0 aromatic heterocycles. The molecule has 0 bridgehead atoms. The number of aliphatic hydroxyl groups excluding tert-OH is 1. The van der Waals surface area contributed by atoms with Gasteiger partial charge >= 0.3 is 0 Å². The number of hydrogen-bond acceptors (Lipinski definition) is 2. The van der Waals surface area contributed by atoms with Crippen molar-refractivity contribution in [2.45, 2.75) is 26.2 Å². The van der Waals surface area contributed by atoms with E-state index >= 15 is 0 Å². The van der Waals surface area contributed by atoms with Gasteiger partial charge in [0.05, 0.1) is 6.61 Å². The number of unbranched alkanes of at least 4 members (excludes halogenated alkanes) is 2. The summed E-state index contributed by atoms with van der Waals surface area (Å²) in [6, 6.07) is 0. The van der Waals surface area contributed by atoms with E-state index in [1.54, 1.807) is 0 Å². The highest BCUT2D eigenvalue weighted by Gasteiger charge is 1.85. The second kappa shape index (κ2) is 6.78. The predicted octanol–water partition coefficient (Wildman–Crippen LogP) is 1.05. The SMILES string of the molecule is C/C(=C\CCCCN)CO. The number of allylic oxidation sites excluding steroid dienone is 1. The Morgan fingerprint density at radius 3 is 2.70 bits per heavy atom. The van der Waals surface area contributed by atoms with Crippen molar-refractivity contribution in [1.82, 2.24) is 0 Å². The maximum atomic E-state index is 8.60. The van der Waals surface area contributed by atoms with Gasteiger partial charge in [-0.1, -0.05) is 11.6 Å². The molecule has 0 aromatic rings. The highest BCUT2D eigenvalue weighted by Crippen LogP contribution is 1.99. The average Bonchev–Trinajstić information content (AvgIpc) is 1.98. The Balaban J connectivity index is 3.16. The summed E-state index contributed by atoms with van der Waals surface area (Å²) in [5.74, 6) is 0. The minimum absolute atomic E-state index is 0.183. The molecule has 0 aromatic carbocycles. The summed E-state index contributed by atoms with van der Waals surface area (Å²) in [4.78, 5) is 0. The van der Waals surface area contributed by atoms with Gasteiger partial charge in [0.1, 0.15) is 0 Å². The summed E-state index contributed by atoms with van der Waals surface area (Å²) in [6.07, 6.45) is 5.32. The third kappa shape index (κ3) is 5.79. The number of hydrogen-bond donors (Lipinski definition) is 2. The van der Waals surface area contributed by atoms with E-state index in [1.807, 2.05) is 6.92 Å². The van der Waals surface area contributed by atoms with Crippen LogP contribution in [0.3, 0.4) is 0 Å². The smallest absolute Gasteiger partial charge is 0.0639 e. The molecule has 0 saturated carbocycles. The Bertz CT molecular complexity index is 99.4. The molecular formula is C8H17NO. The Hall–Kier alpha value is -0.340. The second-order valence-electron chi connectivity index (χ2n) is 2.49. The van der Waals surface area contributed by atoms with Crippen molar-refractivity contribution in [2.75, 3.05) is 13.2 Å². The van der Waals surface area contributed by atoms with Gasteiger partial charge in [0.15, 0.2) is 0 Å². The maximum absolute atomic E-state index is 8.60. The fraction of sp³-hybridized carbons (Fsp3) is 0.750. The lowest BCUT2D eigenvalue weighted by Crippen LogP contribution is -1.97. The van der Waals surface area contributed by atoms with Gasteiger partial charge in [-0.25, -0.2) is 0 Å². The molecule has 10 heavy (non-hydrogen) atoms. The number of aliphatic hydroxyl groups is 1. The lowest BCUT2D eigenvalue weighted by Gasteiger charge is -1.94. The Kier molecular flexibility index (Phi) is 6.55. The Morgan fingerprint density at radius 1 is 1.50 bits per heavy atom. The molecule has 0 saturated heterocycles. The zero-order valence-electron chi connectivity index (χ0n) is 6.64. The van der Waals surface area contributed by atoms with E-state index < -0.39 is 0 Å². The molecule has 0 aliphatic heterocycles. The zero-order valence-corrected chi connectivity index (χ0v) is 6.64. The van der Waals surface area contributed by atoms with E-state index in [4.69, 9.17) is 10.8 Å². The lowest BCUT2D eigenvalue weighted by molar-refractivity contribution is 0.331. The first-order valence-corrected chi connectivity index (χ1v) is 3.77. The summed E-state index contributed by atoms with van der Waals surface area (Å²) in [5, 5.41) is 8.60. The zero-order chi connectivity index (χ0) is 7.82. The van der Waals surface area contributed by atoms with E-state index in [2.05, 4.69) is 6.08 Å². The molecule has 2 heteroatoms. The molecule has 0 fully saturated rings. The van der Waals surface area contributed by atoms with Crippen LogP contribution in [-0.4, -0.2) is 18.3 Å². The van der Waals surface area contributed by atoms with Crippen LogP contribution in [0.4, 0.5) is 0 Å². The van der Waals surface area contributed by atoms with Crippen molar-refractivity contribution in [3.05, 3.63) is 11.6 Å². The fourth-order valence-corrected chi connectivity index (χ4v) is 0.702. The molecule has 0 radical (unpaired) electrons. The summed E-state index contributed by atoms with van der Waals surface area (Å²) in [7, 11) is 0. The van der Waals surface area contributed by atoms with Crippen LogP contribution in [0.1, 0.15) is 26.2 Å². The molecule has 3 N–H and O–H groups in total. The molecule has 0 aliphatic rings. The van der Waals surface area contributed by atoms with Crippen LogP contribution in [0, 0.1) is 0 Å². The van der Waals surface area contributed by atoms with Gasteiger partial charge in [0.25, 0.3) is 0 Å². The summed E-state index contributed by atoms with van der Waals surface area (Å²) in [5.41, 5.74) is 6.36. The van der Waals surface area contributed by atoms with Crippen molar-refractivity contribution >= 4 is 0 Å². The molecule has 0 aliphatic carbocycles. The maximum Gasteiger partial charge on any atom is 0.0639 e. The lowest BCUT2D eigenvalue weighted by atomic mass is 10.2. The molecule has 0 amide bonds. The van der Waals surface area contributed by atoms with Crippen LogP contribution >= 0.6 is 0 Å². The predicted molar refractivity (Wildman–Crippen MR) is 43.7 cm³/mol. The molecule has 2 nitrogen and oxygen atoms in total. The van der Waals surface area contributed by atoms with Gasteiger partial charge in [0, 0.05) is 0 Å². The van der Waals surface area contributed by atoms with E-state index in [1.165, 1.54) is 0 Å². The van der Waals surface area contributed by atoms with Gasteiger partial charge in [-0.3, -0.25) is 0 Å². The van der Waals surface area contributed by atoms with Crippen LogP contribution in [-0.2, 0) is 0 Å². The first-order chi connectivity index (χ1) is 4.81. The Labute approximate surface area is 62.7 Å². The van der Waals surface area contributed by atoms with Crippen molar-refractivity contribution in [2.24, 2.45) is 5.73 Å². The van der Waals surface area contributed by atoms with Crippen molar-refractivity contribution < 1.29 is 5.11 Å². The molecule has 0 spiro atoms. The highest BCUT2D eigenvalue weighted by atomic mass is 16.3. The fourth-order valence-electron chi connectivity index (χ4n) is 0.702. The summed E-state index contributed by atoms with van der Waals surface area (Å²) in [6.45, 7) is 2.89. The van der Waals surface area contributed by atoms with E-state index in [0.29, 0.717) is 0 Å².